The smallest absolute Gasteiger partial charge is 0.236 e. The Morgan fingerprint density at radius 2 is 1.86 bits per heavy atom. The lowest BCUT2D eigenvalue weighted by atomic mass is 10.2. The number of nitrogens with one attached hydrogen (secondary N) is 1. The third-order valence-corrected chi connectivity index (χ3v) is 2.51. The first-order valence-corrected chi connectivity index (χ1v) is 5.33. The standard InChI is InChI=1S/C10H21N3O/c1-12(2)10(14)9-13-7-3-5-11-6-4-8-13/h11H,3-9H2,1-2H3. The number of amides is 1. The summed E-state index contributed by atoms with van der Waals surface area (Å²) in [7, 11) is 3.63. The van der Waals surface area contributed by atoms with Crippen molar-refractivity contribution in [1.29, 1.82) is 0 Å². The van der Waals surface area contributed by atoms with Crippen LogP contribution in [0.3, 0.4) is 0 Å². The van der Waals surface area contributed by atoms with Crippen LogP contribution in [0.25, 0.3) is 0 Å². The topological polar surface area (TPSA) is 35.6 Å². The van der Waals surface area contributed by atoms with Crippen LogP contribution in [-0.2, 0) is 4.79 Å². The molecular formula is C10H21N3O. The minimum atomic E-state index is 0.207. The van der Waals surface area contributed by atoms with Gasteiger partial charge < -0.3 is 10.2 Å². The maximum absolute atomic E-state index is 11.5. The first-order chi connectivity index (χ1) is 6.70. The Bertz CT molecular complexity index is 174. The zero-order valence-corrected chi connectivity index (χ0v) is 9.25. The van der Waals surface area contributed by atoms with Gasteiger partial charge in [0.15, 0.2) is 0 Å². The molecule has 0 saturated carbocycles. The Balaban J connectivity index is 2.30. The summed E-state index contributed by atoms with van der Waals surface area (Å²) in [6, 6.07) is 0. The molecule has 1 heterocycles. The molecule has 0 aliphatic carbocycles. The second-order valence-corrected chi connectivity index (χ2v) is 4.02. The molecular weight excluding hydrogens is 178 g/mol. The fraction of sp³-hybridized carbons (Fsp3) is 0.900. The number of nitrogens with zero attached hydrogens (tertiary/aromatic N) is 2. The summed E-state index contributed by atoms with van der Waals surface area (Å²) >= 11 is 0. The van der Waals surface area contributed by atoms with E-state index < -0.39 is 0 Å². The monoisotopic (exact) mass is 199 g/mol. The van der Waals surface area contributed by atoms with Gasteiger partial charge in [0.05, 0.1) is 6.54 Å². The van der Waals surface area contributed by atoms with Crippen LogP contribution in [0.1, 0.15) is 12.8 Å². The van der Waals surface area contributed by atoms with E-state index in [0.29, 0.717) is 6.54 Å². The van der Waals surface area contributed by atoms with Gasteiger partial charge in [-0.05, 0) is 39.0 Å². The second kappa shape index (κ2) is 5.98. The molecule has 14 heavy (non-hydrogen) atoms. The Morgan fingerprint density at radius 1 is 1.29 bits per heavy atom. The molecule has 4 nitrogen and oxygen atoms in total. The first-order valence-electron chi connectivity index (χ1n) is 5.33. The Morgan fingerprint density at radius 3 is 2.36 bits per heavy atom. The second-order valence-electron chi connectivity index (χ2n) is 4.02. The van der Waals surface area contributed by atoms with Gasteiger partial charge in [0.2, 0.25) is 5.91 Å². The molecule has 1 aliphatic heterocycles. The lowest BCUT2D eigenvalue weighted by molar-refractivity contribution is -0.129. The van der Waals surface area contributed by atoms with Crippen LogP contribution in [0, 0.1) is 0 Å². The van der Waals surface area contributed by atoms with Crippen LogP contribution in [0.2, 0.25) is 0 Å². The highest BCUT2D eigenvalue weighted by Crippen LogP contribution is 1.98. The van der Waals surface area contributed by atoms with Crippen LogP contribution in [-0.4, -0.2) is 62.5 Å². The number of rotatable bonds is 2. The minimum Gasteiger partial charge on any atom is -0.348 e. The van der Waals surface area contributed by atoms with Crippen molar-refractivity contribution < 1.29 is 4.79 Å². The first kappa shape index (κ1) is 11.5. The molecule has 0 atom stereocenters. The minimum absolute atomic E-state index is 0.207. The molecule has 0 bridgehead atoms. The van der Waals surface area contributed by atoms with Gasteiger partial charge in [-0.3, -0.25) is 9.69 Å². The molecule has 4 heteroatoms. The number of carbonyl (C=O) groups is 1. The summed E-state index contributed by atoms with van der Waals surface area (Å²) in [6.07, 6.45) is 2.28. The van der Waals surface area contributed by atoms with Gasteiger partial charge >= 0.3 is 0 Å². The van der Waals surface area contributed by atoms with Gasteiger partial charge in [-0.15, -0.1) is 0 Å². The number of likely N-dealkylation sites (N-methyl/N-ethyl adjacent to an activating group) is 1. The molecule has 1 saturated heterocycles. The van der Waals surface area contributed by atoms with Crippen LogP contribution >= 0.6 is 0 Å². The summed E-state index contributed by atoms with van der Waals surface area (Å²) in [6.45, 7) is 4.80. The fourth-order valence-corrected chi connectivity index (χ4v) is 1.58. The lowest BCUT2D eigenvalue weighted by Gasteiger charge is -2.25. The van der Waals surface area contributed by atoms with E-state index >= 15 is 0 Å². The predicted molar refractivity (Wildman–Crippen MR) is 57.2 cm³/mol. The van der Waals surface area contributed by atoms with Crippen molar-refractivity contribution in [2.75, 3.05) is 46.8 Å². The maximum atomic E-state index is 11.5. The van der Waals surface area contributed by atoms with Gasteiger partial charge in [-0.1, -0.05) is 0 Å². The van der Waals surface area contributed by atoms with Crippen LogP contribution in [0.15, 0.2) is 0 Å². The van der Waals surface area contributed by atoms with E-state index in [1.807, 2.05) is 14.1 Å². The summed E-state index contributed by atoms with van der Waals surface area (Å²) < 4.78 is 0. The predicted octanol–water partition coefficient (Wildman–Crippen LogP) is -0.240. The largest absolute Gasteiger partial charge is 0.348 e. The molecule has 0 aromatic rings. The van der Waals surface area contributed by atoms with Crippen LogP contribution in [0.4, 0.5) is 0 Å². The number of hydrogen-bond acceptors (Lipinski definition) is 3. The van der Waals surface area contributed by atoms with E-state index in [1.165, 1.54) is 0 Å². The molecule has 0 spiro atoms. The average Bonchev–Trinajstić information content (AvgIpc) is 2.08. The van der Waals surface area contributed by atoms with Crippen molar-refractivity contribution in [3.05, 3.63) is 0 Å². The van der Waals surface area contributed by atoms with E-state index in [4.69, 9.17) is 0 Å². The Hall–Kier alpha value is -0.610. The zero-order chi connectivity index (χ0) is 10.4. The quantitative estimate of drug-likeness (QED) is 0.667. The van der Waals surface area contributed by atoms with Crippen LogP contribution in [0.5, 0.6) is 0 Å². The summed E-state index contributed by atoms with van der Waals surface area (Å²) in [5.74, 6) is 0.207. The number of hydrogen-bond donors (Lipinski definition) is 1. The molecule has 1 fully saturated rings. The van der Waals surface area contributed by atoms with Crippen LogP contribution < -0.4 is 5.32 Å². The Labute approximate surface area is 86.2 Å². The van der Waals surface area contributed by atoms with E-state index in [9.17, 15) is 4.79 Å². The molecule has 1 amide bonds. The SMILES string of the molecule is CN(C)C(=O)CN1CCCNCCC1. The fourth-order valence-electron chi connectivity index (χ4n) is 1.58. The van der Waals surface area contributed by atoms with Gasteiger partial charge in [-0.2, -0.15) is 0 Å². The number of carbonyl (C=O) groups excluding carboxylic acids is 1. The molecule has 82 valence electrons. The third kappa shape index (κ3) is 4.07. The molecule has 1 N–H and O–H groups in total. The zero-order valence-electron chi connectivity index (χ0n) is 9.25. The molecule has 1 rings (SSSR count). The average molecular weight is 199 g/mol. The van der Waals surface area contributed by atoms with Crippen molar-refractivity contribution in [3.8, 4) is 0 Å². The van der Waals surface area contributed by atoms with E-state index in [2.05, 4.69) is 10.2 Å². The molecule has 0 unspecified atom stereocenters. The van der Waals surface area contributed by atoms with E-state index in [0.717, 1.165) is 39.0 Å². The van der Waals surface area contributed by atoms with Crippen molar-refractivity contribution in [1.82, 2.24) is 15.1 Å². The molecule has 0 radical (unpaired) electrons. The maximum Gasteiger partial charge on any atom is 0.236 e. The molecule has 1 aliphatic rings. The van der Waals surface area contributed by atoms with Gasteiger partial charge in [0.1, 0.15) is 0 Å². The van der Waals surface area contributed by atoms with Gasteiger partial charge in [0, 0.05) is 14.1 Å². The molecule has 0 aromatic heterocycles. The highest BCUT2D eigenvalue weighted by molar-refractivity contribution is 5.77. The van der Waals surface area contributed by atoms with Crippen molar-refractivity contribution >= 4 is 5.91 Å². The Kier molecular flexibility index (Phi) is 4.90. The van der Waals surface area contributed by atoms with Gasteiger partial charge in [0.25, 0.3) is 0 Å². The summed E-state index contributed by atoms with van der Waals surface area (Å²) in [5, 5.41) is 3.36. The molecule has 0 aromatic carbocycles. The van der Waals surface area contributed by atoms with Crippen molar-refractivity contribution in [2.24, 2.45) is 0 Å². The third-order valence-electron chi connectivity index (χ3n) is 2.51. The van der Waals surface area contributed by atoms with E-state index in [-0.39, 0.29) is 5.91 Å². The highest BCUT2D eigenvalue weighted by Gasteiger charge is 2.12. The van der Waals surface area contributed by atoms with Gasteiger partial charge in [-0.25, -0.2) is 0 Å². The highest BCUT2D eigenvalue weighted by atomic mass is 16.2. The lowest BCUT2D eigenvalue weighted by Crippen LogP contribution is -2.40. The van der Waals surface area contributed by atoms with Crippen molar-refractivity contribution in [2.45, 2.75) is 12.8 Å². The normalized spacial score (nSPS) is 19.9. The van der Waals surface area contributed by atoms with E-state index in [1.54, 1.807) is 4.90 Å². The van der Waals surface area contributed by atoms with Crippen molar-refractivity contribution in [3.63, 3.8) is 0 Å². The summed E-state index contributed by atoms with van der Waals surface area (Å²) in [4.78, 5) is 15.4. The summed E-state index contributed by atoms with van der Waals surface area (Å²) in [5.41, 5.74) is 0.